The summed E-state index contributed by atoms with van der Waals surface area (Å²) in [5.74, 6) is -1.67. The number of carboxylic acids is 1. The Morgan fingerprint density at radius 1 is 1.40 bits per heavy atom. The summed E-state index contributed by atoms with van der Waals surface area (Å²) >= 11 is 3.40. The molecule has 1 heterocycles. The van der Waals surface area contributed by atoms with Crippen LogP contribution in [0.4, 0.5) is 10.5 Å². The Labute approximate surface area is 124 Å². The van der Waals surface area contributed by atoms with Crippen LogP contribution in [-0.2, 0) is 9.53 Å². The predicted molar refractivity (Wildman–Crippen MR) is 76.8 cm³/mol. The van der Waals surface area contributed by atoms with Crippen LogP contribution < -0.4 is 10.6 Å². The first-order valence-electron chi connectivity index (χ1n) is 6.12. The van der Waals surface area contributed by atoms with Gasteiger partial charge in [-0.05, 0) is 34.5 Å². The van der Waals surface area contributed by atoms with Gasteiger partial charge in [-0.3, -0.25) is 4.79 Å². The Morgan fingerprint density at radius 2 is 2.15 bits per heavy atom. The van der Waals surface area contributed by atoms with Gasteiger partial charge < -0.3 is 20.5 Å². The first kappa shape index (κ1) is 14.8. The van der Waals surface area contributed by atoms with Gasteiger partial charge in [0.2, 0.25) is 0 Å². The maximum atomic E-state index is 11.9. The van der Waals surface area contributed by atoms with E-state index in [4.69, 9.17) is 9.84 Å². The van der Waals surface area contributed by atoms with E-state index in [0.29, 0.717) is 5.69 Å². The van der Waals surface area contributed by atoms with E-state index in [2.05, 4.69) is 26.6 Å². The molecule has 2 amide bonds. The van der Waals surface area contributed by atoms with Crippen LogP contribution >= 0.6 is 15.9 Å². The van der Waals surface area contributed by atoms with Crippen molar-refractivity contribution in [3.63, 3.8) is 0 Å². The van der Waals surface area contributed by atoms with Crippen molar-refractivity contribution in [2.24, 2.45) is 5.92 Å². The Bertz CT molecular complexity index is 535. The molecule has 0 bridgehead atoms. The molecule has 2 unspecified atom stereocenters. The van der Waals surface area contributed by atoms with Gasteiger partial charge in [0.15, 0.2) is 0 Å². The van der Waals surface area contributed by atoms with E-state index in [-0.39, 0.29) is 13.2 Å². The number of carbonyl (C=O) groups is 2. The van der Waals surface area contributed by atoms with Crippen LogP contribution in [-0.4, -0.2) is 36.4 Å². The second-order valence-electron chi connectivity index (χ2n) is 4.62. The van der Waals surface area contributed by atoms with E-state index in [0.717, 1.165) is 10.0 Å². The molecule has 6 nitrogen and oxygen atoms in total. The lowest BCUT2D eigenvalue weighted by molar-refractivity contribution is -0.142. The zero-order valence-electron chi connectivity index (χ0n) is 10.9. The molecule has 0 aliphatic carbocycles. The Kier molecular flexibility index (Phi) is 4.61. The number of hydrogen-bond acceptors (Lipinski definition) is 3. The fourth-order valence-corrected chi connectivity index (χ4v) is 2.37. The van der Waals surface area contributed by atoms with E-state index in [9.17, 15) is 9.59 Å². The molecule has 1 saturated heterocycles. The van der Waals surface area contributed by atoms with Crippen LogP contribution in [0.3, 0.4) is 0 Å². The van der Waals surface area contributed by atoms with Crippen molar-refractivity contribution in [2.75, 3.05) is 18.5 Å². The summed E-state index contributed by atoms with van der Waals surface area (Å²) in [5.41, 5.74) is 1.63. The molecule has 1 aliphatic heterocycles. The van der Waals surface area contributed by atoms with Crippen molar-refractivity contribution in [2.45, 2.75) is 13.0 Å². The normalized spacial score (nSPS) is 21.5. The molecule has 1 aromatic carbocycles. The summed E-state index contributed by atoms with van der Waals surface area (Å²) in [6.07, 6.45) is 0. The third-order valence-corrected chi connectivity index (χ3v) is 4.21. The lowest BCUT2D eigenvalue weighted by Crippen LogP contribution is -2.44. The number of carbonyl (C=O) groups excluding carboxylic acids is 1. The maximum absolute atomic E-state index is 11.9. The molecule has 7 heteroatoms. The summed E-state index contributed by atoms with van der Waals surface area (Å²) in [7, 11) is 0. The van der Waals surface area contributed by atoms with Crippen LogP contribution in [0.25, 0.3) is 0 Å². The van der Waals surface area contributed by atoms with Gasteiger partial charge in [-0.25, -0.2) is 4.79 Å². The summed E-state index contributed by atoms with van der Waals surface area (Å²) in [6, 6.07) is 4.54. The highest BCUT2D eigenvalue weighted by Gasteiger charge is 2.35. The number of amides is 2. The van der Waals surface area contributed by atoms with Gasteiger partial charge in [0.1, 0.15) is 5.92 Å². The molecule has 20 heavy (non-hydrogen) atoms. The van der Waals surface area contributed by atoms with E-state index in [1.165, 1.54) is 0 Å². The number of anilines is 1. The minimum absolute atomic E-state index is 0.119. The highest BCUT2D eigenvalue weighted by atomic mass is 79.9. The average molecular weight is 343 g/mol. The summed E-state index contributed by atoms with van der Waals surface area (Å²) in [4.78, 5) is 22.9. The lowest BCUT2D eigenvalue weighted by atomic mass is 10.0. The van der Waals surface area contributed by atoms with Crippen LogP contribution in [0.1, 0.15) is 5.56 Å². The number of halogens is 1. The number of aryl methyl sites for hydroxylation is 1. The number of carboxylic acid groups (broad SMARTS) is 1. The number of rotatable bonds is 3. The van der Waals surface area contributed by atoms with Crippen molar-refractivity contribution in [3.8, 4) is 0 Å². The van der Waals surface area contributed by atoms with E-state index in [1.807, 2.05) is 19.1 Å². The molecule has 108 valence electrons. The zero-order chi connectivity index (χ0) is 14.7. The van der Waals surface area contributed by atoms with Crippen molar-refractivity contribution < 1.29 is 19.4 Å². The summed E-state index contributed by atoms with van der Waals surface area (Å²) in [6.45, 7) is 2.24. The van der Waals surface area contributed by atoms with Crippen LogP contribution in [0.2, 0.25) is 0 Å². The second-order valence-corrected chi connectivity index (χ2v) is 5.42. The largest absolute Gasteiger partial charge is 0.481 e. The predicted octanol–water partition coefficient (Wildman–Crippen LogP) is 1.98. The molecular formula is C13H15BrN2O4. The molecule has 1 aliphatic rings. The van der Waals surface area contributed by atoms with Gasteiger partial charge in [-0.1, -0.05) is 12.1 Å². The van der Waals surface area contributed by atoms with Gasteiger partial charge in [-0.2, -0.15) is 0 Å². The maximum Gasteiger partial charge on any atom is 0.319 e. The number of urea groups is 1. The van der Waals surface area contributed by atoms with E-state index >= 15 is 0 Å². The smallest absolute Gasteiger partial charge is 0.319 e. The topological polar surface area (TPSA) is 87.7 Å². The van der Waals surface area contributed by atoms with Crippen molar-refractivity contribution >= 4 is 33.6 Å². The molecule has 3 N–H and O–H groups in total. The Morgan fingerprint density at radius 3 is 2.85 bits per heavy atom. The van der Waals surface area contributed by atoms with E-state index < -0.39 is 24.0 Å². The minimum Gasteiger partial charge on any atom is -0.481 e. The Balaban J connectivity index is 1.99. The first-order chi connectivity index (χ1) is 9.49. The lowest BCUT2D eigenvalue weighted by Gasteiger charge is -2.17. The number of ether oxygens (including phenoxy) is 1. The highest BCUT2D eigenvalue weighted by molar-refractivity contribution is 9.10. The van der Waals surface area contributed by atoms with Crippen LogP contribution in [0.15, 0.2) is 22.7 Å². The monoisotopic (exact) mass is 342 g/mol. The first-order valence-corrected chi connectivity index (χ1v) is 6.91. The van der Waals surface area contributed by atoms with Crippen LogP contribution in [0.5, 0.6) is 0 Å². The minimum atomic E-state index is -0.968. The summed E-state index contributed by atoms with van der Waals surface area (Å²) in [5, 5.41) is 14.3. The molecule has 2 rings (SSSR count). The number of aliphatic carboxylic acids is 1. The highest BCUT2D eigenvalue weighted by Crippen LogP contribution is 2.25. The molecule has 2 atom stereocenters. The van der Waals surface area contributed by atoms with Crippen molar-refractivity contribution in [1.29, 1.82) is 0 Å². The zero-order valence-corrected chi connectivity index (χ0v) is 12.4. The average Bonchev–Trinajstić information content (AvgIpc) is 2.83. The molecule has 0 radical (unpaired) electrons. The fourth-order valence-electron chi connectivity index (χ4n) is 2.01. The van der Waals surface area contributed by atoms with Gasteiger partial charge >= 0.3 is 12.0 Å². The number of hydrogen-bond donors (Lipinski definition) is 3. The third-order valence-electron chi connectivity index (χ3n) is 3.15. The van der Waals surface area contributed by atoms with Crippen molar-refractivity contribution in [3.05, 3.63) is 28.2 Å². The molecule has 0 spiro atoms. The number of benzene rings is 1. The fraction of sp³-hybridized carbons (Fsp3) is 0.385. The molecular weight excluding hydrogens is 328 g/mol. The van der Waals surface area contributed by atoms with Crippen LogP contribution in [0, 0.1) is 12.8 Å². The second kappa shape index (κ2) is 6.23. The number of nitrogens with one attached hydrogen (secondary N) is 2. The SMILES string of the molecule is Cc1cccc(NC(=O)NC2COCC2C(=O)O)c1Br. The van der Waals surface area contributed by atoms with Gasteiger partial charge in [-0.15, -0.1) is 0 Å². The molecule has 1 fully saturated rings. The summed E-state index contributed by atoms with van der Waals surface area (Å²) < 4.78 is 5.89. The van der Waals surface area contributed by atoms with E-state index in [1.54, 1.807) is 6.07 Å². The third kappa shape index (κ3) is 3.29. The van der Waals surface area contributed by atoms with Gasteiger partial charge in [0.25, 0.3) is 0 Å². The van der Waals surface area contributed by atoms with Crippen molar-refractivity contribution in [1.82, 2.24) is 5.32 Å². The molecule has 0 aromatic heterocycles. The standard InChI is InChI=1S/C13H15BrN2O4/c1-7-3-2-4-9(11(7)14)15-13(19)16-10-6-20-5-8(10)12(17)18/h2-4,8,10H,5-6H2,1H3,(H,17,18)(H2,15,16,19). The molecule has 1 aromatic rings. The molecule has 0 saturated carbocycles. The quantitative estimate of drug-likeness (QED) is 0.783. The van der Waals surface area contributed by atoms with Gasteiger partial charge in [0.05, 0.1) is 24.9 Å². The van der Waals surface area contributed by atoms with Gasteiger partial charge in [0, 0.05) is 4.47 Å². The Hall–Kier alpha value is -1.60.